The number of imidazole rings is 2. The summed E-state index contributed by atoms with van der Waals surface area (Å²) in [4.78, 5) is 62.2. The number of aliphatic hydroxyl groups is 1. The number of rotatable bonds is 14. The molecule has 0 atom stereocenters. The molecule has 0 saturated carbocycles. The number of para-hydroxylation sites is 1. The summed E-state index contributed by atoms with van der Waals surface area (Å²) in [7, 11) is 1.56. The number of likely N-dealkylation sites (N-methyl/N-ethyl adjacent to an activating group) is 1. The van der Waals surface area contributed by atoms with Crippen LogP contribution in [0.1, 0.15) is 69.4 Å². The number of benzene rings is 2. The molecule has 0 spiro atoms. The van der Waals surface area contributed by atoms with E-state index >= 15 is 0 Å². The van der Waals surface area contributed by atoms with E-state index in [0.29, 0.717) is 101 Å². The Morgan fingerprint density at radius 1 is 0.792 bits per heavy atom. The number of nitrogens with two attached hydrogens (primary N) is 1. The minimum atomic E-state index is -0.672. The zero-order valence-corrected chi connectivity index (χ0v) is 30.3. The van der Waals surface area contributed by atoms with Crippen molar-refractivity contribution in [1.82, 2.24) is 38.7 Å². The Labute approximate surface area is 304 Å². The average molecular weight is 723 g/mol. The third-order valence-electron chi connectivity index (χ3n) is 8.99. The van der Waals surface area contributed by atoms with Crippen LogP contribution in [0.3, 0.4) is 0 Å². The van der Waals surface area contributed by atoms with Crippen LogP contribution in [0, 0.1) is 13.8 Å². The van der Waals surface area contributed by atoms with Crippen LogP contribution in [0.25, 0.3) is 22.1 Å². The van der Waals surface area contributed by atoms with E-state index in [1.165, 1.54) is 4.90 Å². The summed E-state index contributed by atoms with van der Waals surface area (Å²) in [5, 5.41) is 24.2. The monoisotopic (exact) mass is 722 g/mol. The number of primary amides is 1. The van der Waals surface area contributed by atoms with Gasteiger partial charge in [-0.1, -0.05) is 6.07 Å². The number of unbranched alkanes of at least 4 members (excludes halogenated alkanes) is 1. The largest absolute Gasteiger partial charge is 0.387 e. The van der Waals surface area contributed by atoms with Crippen molar-refractivity contribution in [1.29, 1.82) is 0 Å². The molecule has 17 heteroatoms. The van der Waals surface area contributed by atoms with Crippen molar-refractivity contribution in [3.05, 3.63) is 76.9 Å². The molecular formula is C36H42N12O5. The van der Waals surface area contributed by atoms with E-state index in [2.05, 4.69) is 25.8 Å². The van der Waals surface area contributed by atoms with Gasteiger partial charge in [0.15, 0.2) is 0 Å². The number of amides is 4. The van der Waals surface area contributed by atoms with E-state index in [4.69, 9.17) is 10.7 Å². The van der Waals surface area contributed by atoms with Gasteiger partial charge in [0.1, 0.15) is 23.5 Å². The fourth-order valence-electron chi connectivity index (χ4n) is 6.38. The maximum atomic E-state index is 13.6. The fourth-order valence-corrected chi connectivity index (χ4v) is 6.38. The molecule has 0 saturated heterocycles. The summed E-state index contributed by atoms with van der Waals surface area (Å²) in [5.41, 5.74) is 10.9. The lowest BCUT2D eigenvalue weighted by Gasteiger charge is -2.16. The lowest BCUT2D eigenvalue weighted by molar-refractivity contribution is -0.120. The summed E-state index contributed by atoms with van der Waals surface area (Å²) in [6, 6.07) is 13.8. The molecule has 17 nitrogen and oxygen atoms in total. The molecule has 4 aromatic heterocycles. The van der Waals surface area contributed by atoms with Crippen molar-refractivity contribution < 1.29 is 24.3 Å². The van der Waals surface area contributed by atoms with Crippen LogP contribution in [-0.2, 0) is 31.0 Å². The molecule has 0 aliphatic carbocycles. The standard InChI is InChI=1S/C36H42N12O5/c1-6-47-28(17-21(3)42-47)33(52)40-35-38-24-19-23(32(37)51)13-14-25(24)45(35)15-8-9-16-46-27-12-10-11-26(44(5)30(50)20-49)31(27)39-36(46)41-34(53)29-18-22(4)43-48(29)7-2/h10-14,17-19,49H,6-9,15-16,20H2,1-5H3,(H2,37,51)(H,38,40,52)(H,39,41,53). The highest BCUT2D eigenvalue weighted by atomic mass is 16.3. The first-order chi connectivity index (χ1) is 25.4. The Kier molecular flexibility index (Phi) is 10.4. The lowest BCUT2D eigenvalue weighted by atomic mass is 10.2. The van der Waals surface area contributed by atoms with E-state index in [-0.39, 0.29) is 17.8 Å². The highest BCUT2D eigenvalue weighted by Gasteiger charge is 2.23. The van der Waals surface area contributed by atoms with Gasteiger partial charge >= 0.3 is 0 Å². The Hall–Kier alpha value is -6.36. The molecule has 0 bridgehead atoms. The lowest BCUT2D eigenvalue weighted by Crippen LogP contribution is -2.29. The smallest absolute Gasteiger partial charge is 0.276 e. The van der Waals surface area contributed by atoms with E-state index in [1.54, 1.807) is 58.9 Å². The van der Waals surface area contributed by atoms with Gasteiger partial charge in [-0.3, -0.25) is 39.2 Å². The molecule has 0 aliphatic rings. The second-order valence-corrected chi connectivity index (χ2v) is 12.6. The number of fused-ring (bicyclic) bond motifs is 2. The van der Waals surface area contributed by atoms with Gasteiger partial charge in [0.2, 0.25) is 17.8 Å². The van der Waals surface area contributed by atoms with Crippen molar-refractivity contribution in [3.8, 4) is 0 Å². The van der Waals surface area contributed by atoms with Crippen LogP contribution in [0.15, 0.2) is 48.5 Å². The molecule has 6 aromatic rings. The number of hydrogen-bond acceptors (Lipinski definition) is 9. The van der Waals surface area contributed by atoms with Gasteiger partial charge in [-0.25, -0.2) is 9.97 Å². The number of aryl methyl sites for hydroxylation is 6. The third-order valence-corrected chi connectivity index (χ3v) is 8.99. The maximum absolute atomic E-state index is 13.6. The van der Waals surface area contributed by atoms with E-state index in [0.717, 1.165) is 0 Å². The third kappa shape index (κ3) is 7.23. The summed E-state index contributed by atoms with van der Waals surface area (Å²) in [5.74, 6) is -1.26. The number of carbonyl (C=O) groups is 4. The molecule has 0 fully saturated rings. The molecule has 276 valence electrons. The number of nitrogens with zero attached hydrogens (tertiary/aromatic N) is 9. The Balaban J connectivity index is 1.30. The van der Waals surface area contributed by atoms with Crippen molar-refractivity contribution in [2.45, 2.75) is 66.7 Å². The molecule has 2 aromatic carbocycles. The molecular weight excluding hydrogens is 680 g/mol. The van der Waals surface area contributed by atoms with Gasteiger partial charge < -0.3 is 24.9 Å². The number of carbonyl (C=O) groups excluding carboxylic acids is 4. The van der Waals surface area contributed by atoms with Crippen molar-refractivity contribution in [3.63, 3.8) is 0 Å². The van der Waals surface area contributed by atoms with Gasteiger partial charge in [-0.2, -0.15) is 10.2 Å². The van der Waals surface area contributed by atoms with Gasteiger partial charge in [-0.05, 0) is 83.0 Å². The number of nitrogens with one attached hydrogen (secondary N) is 2. The van der Waals surface area contributed by atoms with Gasteiger partial charge in [0.25, 0.3) is 17.7 Å². The number of hydrogen-bond donors (Lipinski definition) is 4. The molecule has 6 rings (SSSR count). The molecule has 0 unspecified atom stereocenters. The van der Waals surface area contributed by atoms with Crippen LogP contribution in [0.2, 0.25) is 0 Å². The Bertz CT molecular complexity index is 2360. The van der Waals surface area contributed by atoms with Crippen LogP contribution < -0.4 is 21.3 Å². The van der Waals surface area contributed by atoms with E-state index in [9.17, 15) is 24.3 Å². The first-order valence-corrected chi connectivity index (χ1v) is 17.3. The van der Waals surface area contributed by atoms with E-state index in [1.807, 2.05) is 42.9 Å². The normalized spacial score (nSPS) is 11.4. The number of aliphatic hydroxyl groups excluding tert-OH is 1. The molecule has 0 radical (unpaired) electrons. The van der Waals surface area contributed by atoms with Crippen LogP contribution in [0.5, 0.6) is 0 Å². The van der Waals surface area contributed by atoms with Crippen molar-refractivity contribution >= 4 is 63.3 Å². The molecule has 5 N–H and O–H groups in total. The van der Waals surface area contributed by atoms with Gasteiger partial charge in [0.05, 0.1) is 33.6 Å². The van der Waals surface area contributed by atoms with Crippen LogP contribution >= 0.6 is 0 Å². The molecule has 53 heavy (non-hydrogen) atoms. The highest BCUT2D eigenvalue weighted by molar-refractivity contribution is 6.06. The topological polar surface area (TPSA) is 213 Å². The van der Waals surface area contributed by atoms with Crippen LogP contribution in [0.4, 0.5) is 17.6 Å². The second kappa shape index (κ2) is 15.1. The summed E-state index contributed by atoms with van der Waals surface area (Å²) in [6.45, 7) is 8.64. The predicted molar refractivity (Wildman–Crippen MR) is 199 cm³/mol. The van der Waals surface area contributed by atoms with Crippen molar-refractivity contribution in [2.75, 3.05) is 29.2 Å². The summed E-state index contributed by atoms with van der Waals surface area (Å²) < 4.78 is 7.00. The second-order valence-electron chi connectivity index (χ2n) is 12.6. The predicted octanol–water partition coefficient (Wildman–Crippen LogP) is 3.47. The average Bonchev–Trinajstić information content (AvgIpc) is 3.91. The van der Waals surface area contributed by atoms with Gasteiger partial charge in [0, 0.05) is 38.8 Å². The maximum Gasteiger partial charge on any atom is 0.276 e. The number of anilines is 3. The Morgan fingerprint density at radius 2 is 1.36 bits per heavy atom. The zero-order chi connectivity index (χ0) is 38.0. The minimum absolute atomic E-state index is 0.284. The first-order valence-electron chi connectivity index (χ1n) is 17.3. The SMILES string of the molecule is CCn1nc(C)cc1C(=O)Nc1nc2cc(C(N)=O)ccc2n1CCCCn1c(NC(=O)c2cc(C)nn2CC)nc2c(N(C)C(=O)CO)cccc21. The molecule has 0 aliphatic heterocycles. The molecule has 4 amide bonds. The van der Waals surface area contributed by atoms with Gasteiger partial charge in [-0.15, -0.1) is 0 Å². The Morgan fingerprint density at radius 3 is 1.91 bits per heavy atom. The van der Waals surface area contributed by atoms with E-state index < -0.39 is 18.4 Å². The summed E-state index contributed by atoms with van der Waals surface area (Å²) in [6.07, 6.45) is 1.21. The molecule has 4 heterocycles. The summed E-state index contributed by atoms with van der Waals surface area (Å²) >= 11 is 0. The number of aromatic nitrogens is 8. The highest BCUT2D eigenvalue weighted by Crippen LogP contribution is 2.30. The van der Waals surface area contributed by atoms with Crippen molar-refractivity contribution in [2.24, 2.45) is 5.73 Å². The van der Waals surface area contributed by atoms with Crippen LogP contribution in [-0.4, -0.2) is 81.1 Å². The minimum Gasteiger partial charge on any atom is -0.387 e. The fraction of sp³-hybridized carbons (Fsp3) is 0.333. The zero-order valence-electron chi connectivity index (χ0n) is 30.3. The quantitative estimate of drug-likeness (QED) is 0.121. The first kappa shape index (κ1) is 36.4.